The van der Waals surface area contributed by atoms with Crippen LogP contribution in [-0.4, -0.2) is 16.1 Å². The van der Waals surface area contributed by atoms with Crippen LogP contribution >= 0.6 is 0 Å². The van der Waals surface area contributed by atoms with Crippen LogP contribution in [0, 0.1) is 24.4 Å². The van der Waals surface area contributed by atoms with Crippen LogP contribution in [0.4, 0.5) is 13.2 Å². The maximum Gasteiger partial charge on any atom is 0.307 e. The van der Waals surface area contributed by atoms with Crippen LogP contribution in [0.2, 0.25) is 0 Å². The van der Waals surface area contributed by atoms with Gasteiger partial charge in [0.15, 0.2) is 17.5 Å². The molecule has 0 saturated heterocycles. The van der Waals surface area contributed by atoms with Gasteiger partial charge in [-0.25, -0.2) is 18.2 Å². The molecule has 0 bridgehead atoms. The lowest BCUT2D eigenvalue weighted by Gasteiger charge is -2.07. The molecule has 2 rings (SSSR count). The summed E-state index contributed by atoms with van der Waals surface area (Å²) in [4.78, 5) is 14.4. The van der Waals surface area contributed by atoms with Crippen molar-refractivity contribution in [2.24, 2.45) is 0 Å². The van der Waals surface area contributed by atoms with Crippen molar-refractivity contribution < 1.29 is 23.1 Å². The number of carboxylic acids is 1. The van der Waals surface area contributed by atoms with Crippen molar-refractivity contribution in [1.29, 1.82) is 0 Å². The number of halogens is 3. The van der Waals surface area contributed by atoms with E-state index in [2.05, 4.69) is 4.98 Å². The smallest absolute Gasteiger partial charge is 0.307 e. The summed E-state index contributed by atoms with van der Waals surface area (Å²) in [5.41, 5.74) is 0.177. The van der Waals surface area contributed by atoms with Gasteiger partial charge in [0.2, 0.25) is 0 Å². The fourth-order valence-electron chi connectivity index (χ4n) is 1.79. The molecule has 1 aromatic heterocycles. The summed E-state index contributed by atoms with van der Waals surface area (Å²) in [6.07, 6.45) is -0.412. The highest BCUT2D eigenvalue weighted by atomic mass is 19.2. The molecule has 6 heteroatoms. The molecule has 94 valence electrons. The van der Waals surface area contributed by atoms with Gasteiger partial charge in [0.25, 0.3) is 0 Å². The van der Waals surface area contributed by atoms with Gasteiger partial charge in [0.1, 0.15) is 5.52 Å². The third-order valence-corrected chi connectivity index (χ3v) is 2.50. The minimum atomic E-state index is -1.61. The lowest BCUT2D eigenvalue weighted by molar-refractivity contribution is -0.136. The second-order valence-corrected chi connectivity index (χ2v) is 3.88. The van der Waals surface area contributed by atoms with Crippen LogP contribution in [0.3, 0.4) is 0 Å². The molecule has 1 aromatic carbocycles. The molecule has 0 fully saturated rings. The molecule has 0 amide bonds. The van der Waals surface area contributed by atoms with Crippen molar-refractivity contribution in [2.45, 2.75) is 13.3 Å². The van der Waals surface area contributed by atoms with E-state index in [1.807, 2.05) is 0 Å². The summed E-state index contributed by atoms with van der Waals surface area (Å²) < 4.78 is 39.7. The first-order valence-electron chi connectivity index (χ1n) is 5.05. The van der Waals surface area contributed by atoms with Crippen LogP contribution in [0.1, 0.15) is 11.3 Å². The van der Waals surface area contributed by atoms with Gasteiger partial charge in [0.05, 0.1) is 6.42 Å². The number of nitrogens with zero attached hydrogens (tertiary/aromatic N) is 1. The molecule has 0 aliphatic carbocycles. The number of benzene rings is 1. The number of fused-ring (bicyclic) bond motifs is 1. The topological polar surface area (TPSA) is 50.2 Å². The highest BCUT2D eigenvalue weighted by Gasteiger charge is 2.18. The van der Waals surface area contributed by atoms with E-state index in [9.17, 15) is 18.0 Å². The molecular weight excluding hydrogens is 247 g/mol. The summed E-state index contributed by atoms with van der Waals surface area (Å²) in [5.74, 6) is -5.52. The molecule has 3 nitrogen and oxygen atoms in total. The van der Waals surface area contributed by atoms with Crippen molar-refractivity contribution >= 4 is 16.9 Å². The van der Waals surface area contributed by atoms with E-state index in [4.69, 9.17) is 5.11 Å². The third-order valence-electron chi connectivity index (χ3n) is 2.50. The van der Waals surface area contributed by atoms with Gasteiger partial charge < -0.3 is 5.11 Å². The number of aromatic nitrogens is 1. The third kappa shape index (κ3) is 2.01. The normalized spacial score (nSPS) is 10.9. The summed E-state index contributed by atoms with van der Waals surface area (Å²) in [7, 11) is 0. The van der Waals surface area contributed by atoms with E-state index in [1.54, 1.807) is 0 Å². The first kappa shape index (κ1) is 12.3. The summed E-state index contributed by atoms with van der Waals surface area (Å²) in [5, 5.41) is 8.70. The van der Waals surface area contributed by atoms with Gasteiger partial charge in [0, 0.05) is 11.1 Å². The Morgan fingerprint density at radius 3 is 2.56 bits per heavy atom. The zero-order valence-electron chi connectivity index (χ0n) is 9.30. The van der Waals surface area contributed by atoms with Crippen LogP contribution < -0.4 is 0 Å². The Balaban J connectivity index is 2.83. The number of pyridine rings is 1. The van der Waals surface area contributed by atoms with Crippen molar-refractivity contribution in [2.75, 3.05) is 0 Å². The lowest BCUT2D eigenvalue weighted by atomic mass is 10.0. The van der Waals surface area contributed by atoms with Crippen molar-refractivity contribution in [1.82, 2.24) is 4.98 Å². The van der Waals surface area contributed by atoms with Gasteiger partial charge in [-0.1, -0.05) is 0 Å². The number of carbonyl (C=O) groups is 1. The van der Waals surface area contributed by atoms with E-state index in [0.717, 1.165) is 6.07 Å². The minimum Gasteiger partial charge on any atom is -0.481 e. The highest BCUT2D eigenvalue weighted by Crippen LogP contribution is 2.25. The number of hydrogen-bond donors (Lipinski definition) is 1. The van der Waals surface area contributed by atoms with Gasteiger partial charge >= 0.3 is 5.97 Å². The second kappa shape index (κ2) is 4.29. The van der Waals surface area contributed by atoms with E-state index in [1.165, 1.54) is 13.0 Å². The fourth-order valence-corrected chi connectivity index (χ4v) is 1.79. The van der Waals surface area contributed by atoms with E-state index < -0.39 is 29.8 Å². The minimum absolute atomic E-state index is 0.0283. The largest absolute Gasteiger partial charge is 0.481 e. The Hall–Kier alpha value is -2.11. The number of hydrogen-bond acceptors (Lipinski definition) is 2. The first-order chi connectivity index (χ1) is 8.40. The Bertz CT molecular complexity index is 656. The molecule has 1 N–H and O–H groups in total. The molecule has 0 aliphatic heterocycles. The van der Waals surface area contributed by atoms with E-state index in [0.29, 0.717) is 5.69 Å². The molecular formula is C12H8F3NO2. The molecule has 0 atom stereocenters. The number of aliphatic carboxylic acids is 1. The summed E-state index contributed by atoms with van der Waals surface area (Å²) in [6, 6.07) is 2.17. The van der Waals surface area contributed by atoms with Gasteiger partial charge in [-0.05, 0) is 24.6 Å². The molecule has 0 unspecified atom stereocenters. The van der Waals surface area contributed by atoms with Crippen molar-refractivity contribution in [3.63, 3.8) is 0 Å². The van der Waals surface area contributed by atoms with E-state index in [-0.39, 0.29) is 16.5 Å². The maximum absolute atomic E-state index is 13.5. The van der Waals surface area contributed by atoms with Crippen molar-refractivity contribution in [3.05, 3.63) is 40.8 Å². The van der Waals surface area contributed by atoms with Crippen LogP contribution in [0.25, 0.3) is 10.9 Å². The molecule has 1 heterocycles. The molecule has 0 saturated carbocycles. The standard InChI is InChI=1S/C12H8F3NO2/c1-5-2-6(3-9(17)18)7-4-8(13)10(14)11(15)12(7)16-5/h2,4H,3H2,1H3,(H,17,18). The monoisotopic (exact) mass is 255 g/mol. The van der Waals surface area contributed by atoms with Crippen LogP contribution in [-0.2, 0) is 11.2 Å². The Morgan fingerprint density at radius 2 is 1.94 bits per heavy atom. The predicted octanol–water partition coefficient (Wildman–Crippen LogP) is 2.59. The zero-order chi connectivity index (χ0) is 13.4. The molecule has 0 spiro atoms. The Labute approximate surface area is 99.9 Å². The quantitative estimate of drug-likeness (QED) is 0.839. The lowest BCUT2D eigenvalue weighted by Crippen LogP contribution is -2.04. The number of rotatable bonds is 2. The maximum atomic E-state index is 13.5. The Kier molecular flexibility index (Phi) is 2.94. The Morgan fingerprint density at radius 1 is 1.28 bits per heavy atom. The van der Waals surface area contributed by atoms with E-state index >= 15 is 0 Å². The molecule has 0 radical (unpaired) electrons. The average Bonchev–Trinajstić information content (AvgIpc) is 2.27. The predicted molar refractivity (Wildman–Crippen MR) is 57.7 cm³/mol. The average molecular weight is 255 g/mol. The number of carboxylic acid groups (broad SMARTS) is 1. The molecule has 18 heavy (non-hydrogen) atoms. The van der Waals surface area contributed by atoms with Crippen LogP contribution in [0.15, 0.2) is 12.1 Å². The highest BCUT2D eigenvalue weighted by molar-refractivity contribution is 5.86. The first-order valence-corrected chi connectivity index (χ1v) is 5.05. The fraction of sp³-hybridized carbons (Fsp3) is 0.167. The molecule has 0 aliphatic rings. The number of aryl methyl sites for hydroxylation is 1. The van der Waals surface area contributed by atoms with Gasteiger partial charge in [-0.2, -0.15) is 0 Å². The summed E-state index contributed by atoms with van der Waals surface area (Å²) in [6.45, 7) is 1.52. The van der Waals surface area contributed by atoms with Gasteiger partial charge in [-0.15, -0.1) is 0 Å². The van der Waals surface area contributed by atoms with Crippen LogP contribution in [0.5, 0.6) is 0 Å². The second-order valence-electron chi connectivity index (χ2n) is 3.88. The molecule has 2 aromatic rings. The SMILES string of the molecule is Cc1cc(CC(=O)O)c2cc(F)c(F)c(F)c2n1. The zero-order valence-corrected chi connectivity index (χ0v) is 9.30. The van der Waals surface area contributed by atoms with Crippen molar-refractivity contribution in [3.8, 4) is 0 Å². The summed E-state index contributed by atoms with van der Waals surface area (Å²) >= 11 is 0. The van der Waals surface area contributed by atoms with Gasteiger partial charge in [-0.3, -0.25) is 4.79 Å².